The smallest absolute Gasteiger partial charge is 0.320 e. The molecule has 1 aliphatic rings. The second kappa shape index (κ2) is 6.33. The van der Waals surface area contributed by atoms with Crippen LogP contribution >= 0.6 is 0 Å². The minimum Gasteiger partial charge on any atom is -0.459 e. The molecule has 1 rings (SSSR count). The third kappa shape index (κ3) is 6.61. The van der Waals surface area contributed by atoms with E-state index >= 15 is 0 Å². The van der Waals surface area contributed by atoms with Crippen LogP contribution in [0.1, 0.15) is 20.8 Å². The van der Waals surface area contributed by atoms with E-state index in [0.717, 1.165) is 19.7 Å². The molecule has 5 nitrogen and oxygen atoms in total. The van der Waals surface area contributed by atoms with Gasteiger partial charge in [0.15, 0.2) is 0 Å². The summed E-state index contributed by atoms with van der Waals surface area (Å²) in [4.78, 5) is 13.7. The van der Waals surface area contributed by atoms with E-state index < -0.39 is 5.60 Å². The fourth-order valence-electron chi connectivity index (χ4n) is 1.70. The summed E-state index contributed by atoms with van der Waals surface area (Å²) in [6, 6.07) is 0. The van der Waals surface area contributed by atoms with Crippen molar-refractivity contribution < 1.29 is 14.3 Å². The Kier molecular flexibility index (Phi) is 5.36. The lowest BCUT2D eigenvalue weighted by Gasteiger charge is -2.30. The number of hydrogen-bond acceptors (Lipinski definition) is 5. The van der Waals surface area contributed by atoms with Gasteiger partial charge in [0.2, 0.25) is 0 Å². The van der Waals surface area contributed by atoms with Gasteiger partial charge in [-0.15, -0.1) is 0 Å². The van der Waals surface area contributed by atoms with Crippen molar-refractivity contribution in [2.45, 2.75) is 32.5 Å². The molecule has 1 N–H and O–H groups in total. The highest BCUT2D eigenvalue weighted by atomic mass is 16.6. The molecule has 1 atom stereocenters. The van der Waals surface area contributed by atoms with Gasteiger partial charge in [0.05, 0.1) is 19.3 Å². The van der Waals surface area contributed by atoms with E-state index in [1.165, 1.54) is 0 Å². The average molecular weight is 244 g/mol. The molecule has 0 spiro atoms. The van der Waals surface area contributed by atoms with Crippen LogP contribution in [0.4, 0.5) is 0 Å². The lowest BCUT2D eigenvalue weighted by molar-refractivity contribution is -0.153. The lowest BCUT2D eigenvalue weighted by Crippen LogP contribution is -2.45. The van der Waals surface area contributed by atoms with Gasteiger partial charge < -0.3 is 19.7 Å². The van der Waals surface area contributed by atoms with Crippen LogP contribution in [0.15, 0.2) is 0 Å². The number of hydrogen-bond donors (Lipinski definition) is 1. The minimum atomic E-state index is -0.416. The Morgan fingerprint density at radius 3 is 2.82 bits per heavy atom. The van der Waals surface area contributed by atoms with Gasteiger partial charge in [0.1, 0.15) is 5.60 Å². The summed E-state index contributed by atoms with van der Waals surface area (Å²) in [5.41, 5.74) is -0.416. The minimum absolute atomic E-state index is 0.163. The maximum Gasteiger partial charge on any atom is 0.320 e. The molecule has 0 aromatic heterocycles. The van der Waals surface area contributed by atoms with E-state index in [2.05, 4.69) is 17.3 Å². The fourth-order valence-corrected chi connectivity index (χ4v) is 1.70. The number of rotatable bonds is 4. The monoisotopic (exact) mass is 244 g/mol. The normalized spacial score (nSPS) is 22.5. The molecule has 1 unspecified atom stereocenters. The predicted molar refractivity (Wildman–Crippen MR) is 66.0 cm³/mol. The molecule has 0 aromatic carbocycles. The Bertz CT molecular complexity index is 251. The van der Waals surface area contributed by atoms with Crippen LogP contribution in [0.2, 0.25) is 0 Å². The second-order valence-electron chi connectivity index (χ2n) is 5.47. The van der Waals surface area contributed by atoms with Crippen molar-refractivity contribution in [2.24, 2.45) is 0 Å². The maximum atomic E-state index is 11.4. The molecule has 100 valence electrons. The largest absolute Gasteiger partial charge is 0.459 e. The van der Waals surface area contributed by atoms with Crippen molar-refractivity contribution in [2.75, 3.05) is 39.8 Å². The molecule has 17 heavy (non-hydrogen) atoms. The average Bonchev–Trinajstić information content (AvgIpc) is 2.14. The van der Waals surface area contributed by atoms with Crippen LogP contribution < -0.4 is 5.32 Å². The standard InChI is InChI=1S/C12H24N2O3/c1-12(2,3)17-11(15)8-13-7-10-9-14(4)5-6-16-10/h10,13H,5-9H2,1-4H3. The van der Waals surface area contributed by atoms with E-state index in [0.29, 0.717) is 6.54 Å². The molecule has 0 aliphatic carbocycles. The van der Waals surface area contributed by atoms with Crippen molar-refractivity contribution in [1.82, 2.24) is 10.2 Å². The molecule has 1 heterocycles. The molecule has 0 aromatic rings. The van der Waals surface area contributed by atoms with Crippen LogP contribution in [0.5, 0.6) is 0 Å². The molecule has 5 heteroatoms. The summed E-state index contributed by atoms with van der Waals surface area (Å²) in [5, 5.41) is 3.07. The van der Waals surface area contributed by atoms with E-state index in [4.69, 9.17) is 9.47 Å². The van der Waals surface area contributed by atoms with Crippen molar-refractivity contribution in [3.05, 3.63) is 0 Å². The summed E-state index contributed by atoms with van der Waals surface area (Å²) in [7, 11) is 2.07. The lowest BCUT2D eigenvalue weighted by atomic mass is 10.2. The van der Waals surface area contributed by atoms with Crippen LogP contribution in [0.25, 0.3) is 0 Å². The van der Waals surface area contributed by atoms with Gasteiger partial charge in [-0.2, -0.15) is 0 Å². The number of carbonyl (C=O) groups excluding carboxylic acids is 1. The first-order valence-corrected chi connectivity index (χ1v) is 6.09. The van der Waals surface area contributed by atoms with Crippen molar-refractivity contribution in [3.63, 3.8) is 0 Å². The first-order chi connectivity index (χ1) is 7.87. The molecule has 0 bridgehead atoms. The molecule has 1 fully saturated rings. The SMILES string of the molecule is CN1CCOC(CNCC(=O)OC(C)(C)C)C1. The van der Waals surface area contributed by atoms with Crippen molar-refractivity contribution in [3.8, 4) is 0 Å². The highest BCUT2D eigenvalue weighted by Crippen LogP contribution is 2.06. The number of likely N-dealkylation sites (N-methyl/N-ethyl adjacent to an activating group) is 1. The number of nitrogens with zero attached hydrogens (tertiary/aromatic N) is 1. The summed E-state index contributed by atoms with van der Waals surface area (Å²) < 4.78 is 10.8. The third-order valence-corrected chi connectivity index (χ3v) is 2.40. The highest BCUT2D eigenvalue weighted by molar-refractivity contribution is 5.72. The van der Waals surface area contributed by atoms with E-state index in [1.807, 2.05) is 20.8 Å². The first-order valence-electron chi connectivity index (χ1n) is 6.09. The van der Waals surface area contributed by atoms with Gasteiger partial charge in [0.25, 0.3) is 0 Å². The van der Waals surface area contributed by atoms with Gasteiger partial charge in [-0.1, -0.05) is 0 Å². The van der Waals surface area contributed by atoms with Gasteiger partial charge in [-0.05, 0) is 27.8 Å². The van der Waals surface area contributed by atoms with Gasteiger partial charge in [0, 0.05) is 19.6 Å². The summed E-state index contributed by atoms with van der Waals surface area (Å²) in [6.07, 6.45) is 0.163. The summed E-state index contributed by atoms with van der Waals surface area (Å²) >= 11 is 0. The molecular formula is C12H24N2O3. The molecule has 1 saturated heterocycles. The van der Waals surface area contributed by atoms with E-state index in [1.54, 1.807) is 0 Å². The van der Waals surface area contributed by atoms with Crippen molar-refractivity contribution in [1.29, 1.82) is 0 Å². The van der Waals surface area contributed by atoms with Crippen LogP contribution in [0, 0.1) is 0 Å². The van der Waals surface area contributed by atoms with Gasteiger partial charge in [-0.25, -0.2) is 0 Å². The van der Waals surface area contributed by atoms with Gasteiger partial charge >= 0.3 is 5.97 Å². The third-order valence-electron chi connectivity index (χ3n) is 2.40. The Labute approximate surface area is 103 Å². The number of carbonyl (C=O) groups is 1. The summed E-state index contributed by atoms with van der Waals surface area (Å²) in [6.45, 7) is 9.15. The van der Waals surface area contributed by atoms with Crippen LogP contribution in [-0.2, 0) is 14.3 Å². The maximum absolute atomic E-state index is 11.4. The zero-order valence-electron chi connectivity index (χ0n) is 11.3. The number of ether oxygens (including phenoxy) is 2. The van der Waals surface area contributed by atoms with Gasteiger partial charge in [-0.3, -0.25) is 4.79 Å². The van der Waals surface area contributed by atoms with Crippen LogP contribution in [0.3, 0.4) is 0 Å². The number of nitrogens with one attached hydrogen (secondary N) is 1. The summed E-state index contributed by atoms with van der Waals surface area (Å²) in [5.74, 6) is -0.221. The number of morpholine rings is 1. The quantitative estimate of drug-likeness (QED) is 0.718. The Morgan fingerprint density at radius 2 is 2.24 bits per heavy atom. The Morgan fingerprint density at radius 1 is 1.53 bits per heavy atom. The van der Waals surface area contributed by atoms with E-state index in [-0.39, 0.29) is 18.6 Å². The Balaban J connectivity index is 2.13. The fraction of sp³-hybridized carbons (Fsp3) is 0.917. The number of esters is 1. The molecule has 0 amide bonds. The Hall–Kier alpha value is -0.650. The highest BCUT2D eigenvalue weighted by Gasteiger charge is 2.19. The molecular weight excluding hydrogens is 220 g/mol. The molecule has 1 aliphatic heterocycles. The molecule has 0 radical (unpaired) electrons. The first kappa shape index (κ1) is 14.4. The zero-order valence-corrected chi connectivity index (χ0v) is 11.3. The van der Waals surface area contributed by atoms with Crippen molar-refractivity contribution >= 4 is 5.97 Å². The second-order valence-corrected chi connectivity index (χ2v) is 5.47. The zero-order chi connectivity index (χ0) is 12.9. The topological polar surface area (TPSA) is 50.8 Å². The van der Waals surface area contributed by atoms with Crippen LogP contribution in [-0.4, -0.2) is 62.4 Å². The van der Waals surface area contributed by atoms with E-state index in [9.17, 15) is 4.79 Å². The predicted octanol–water partition coefficient (Wildman–Crippen LogP) is 0.248. The molecule has 0 saturated carbocycles.